The zero-order valence-electron chi connectivity index (χ0n) is 18.7. The second-order valence-corrected chi connectivity index (χ2v) is 9.69. The third-order valence-corrected chi connectivity index (χ3v) is 7.06. The van der Waals surface area contributed by atoms with E-state index >= 15 is 0 Å². The maximum Gasteiger partial charge on any atom is 0.261 e. The van der Waals surface area contributed by atoms with Gasteiger partial charge < -0.3 is 15.0 Å². The quantitative estimate of drug-likeness (QED) is 0.530. The van der Waals surface area contributed by atoms with Gasteiger partial charge in [-0.05, 0) is 79.9 Å². The molecule has 0 radical (unpaired) electrons. The molecule has 1 heterocycles. The van der Waals surface area contributed by atoms with Crippen LogP contribution in [0.3, 0.4) is 0 Å². The molecule has 7 nitrogen and oxygen atoms in total. The van der Waals surface area contributed by atoms with E-state index in [0.29, 0.717) is 28.3 Å². The summed E-state index contributed by atoms with van der Waals surface area (Å²) in [6, 6.07) is 18.8. The van der Waals surface area contributed by atoms with Crippen molar-refractivity contribution in [2.45, 2.75) is 24.7 Å². The minimum atomic E-state index is -3.87. The number of hydrogen-bond donors (Lipinski definition) is 2. The number of benzene rings is 3. The largest absolute Gasteiger partial charge is 0.497 e. The standard InChI is InChI=1S/C25H27N3O4S/c1-18-8-13-23(33(30,31)27-19-9-11-22(32-2)12-10-19)17-24(18)25(29)26-20-6-5-7-21(16-20)28-14-3-4-15-28/h5-13,16-17,27H,3-4,14-15H2,1-2H3,(H,26,29). The van der Waals surface area contributed by atoms with Crippen molar-refractivity contribution in [2.75, 3.05) is 35.1 Å². The van der Waals surface area contributed by atoms with Crippen LogP contribution in [0.4, 0.5) is 17.1 Å². The Labute approximate surface area is 194 Å². The average molecular weight is 466 g/mol. The van der Waals surface area contributed by atoms with Crippen LogP contribution >= 0.6 is 0 Å². The Hall–Kier alpha value is -3.52. The molecule has 0 aliphatic carbocycles. The number of methoxy groups -OCH3 is 1. The fraction of sp³-hybridized carbons (Fsp3) is 0.240. The maximum absolute atomic E-state index is 13.0. The molecule has 3 aromatic carbocycles. The molecule has 8 heteroatoms. The van der Waals surface area contributed by atoms with E-state index in [2.05, 4.69) is 14.9 Å². The fourth-order valence-corrected chi connectivity index (χ4v) is 4.92. The van der Waals surface area contributed by atoms with E-state index in [1.165, 1.54) is 25.0 Å². The van der Waals surface area contributed by atoms with E-state index in [4.69, 9.17) is 4.74 Å². The number of nitrogens with zero attached hydrogens (tertiary/aromatic N) is 1. The Morgan fingerprint density at radius 2 is 1.67 bits per heavy atom. The van der Waals surface area contributed by atoms with Crippen molar-refractivity contribution in [3.8, 4) is 5.75 Å². The van der Waals surface area contributed by atoms with Gasteiger partial charge in [0.15, 0.2) is 0 Å². The van der Waals surface area contributed by atoms with Gasteiger partial charge in [-0.15, -0.1) is 0 Å². The number of ether oxygens (including phenoxy) is 1. The van der Waals surface area contributed by atoms with Crippen LogP contribution in [0.5, 0.6) is 5.75 Å². The smallest absolute Gasteiger partial charge is 0.261 e. The van der Waals surface area contributed by atoms with Crippen molar-refractivity contribution in [3.05, 3.63) is 77.9 Å². The van der Waals surface area contributed by atoms with Crippen molar-refractivity contribution >= 4 is 33.0 Å². The van der Waals surface area contributed by atoms with Gasteiger partial charge in [-0.1, -0.05) is 12.1 Å². The number of amides is 1. The molecule has 0 atom stereocenters. The summed E-state index contributed by atoms with van der Waals surface area (Å²) in [7, 11) is -2.33. The normalized spacial score (nSPS) is 13.6. The summed E-state index contributed by atoms with van der Waals surface area (Å²) in [4.78, 5) is 15.3. The number of aryl methyl sites for hydroxylation is 1. The first-order valence-electron chi connectivity index (χ1n) is 10.8. The molecule has 0 aromatic heterocycles. The maximum atomic E-state index is 13.0. The van der Waals surface area contributed by atoms with Crippen LogP contribution in [0.15, 0.2) is 71.6 Å². The van der Waals surface area contributed by atoms with Crippen LogP contribution < -0.4 is 19.7 Å². The zero-order valence-corrected chi connectivity index (χ0v) is 19.5. The number of carbonyl (C=O) groups excluding carboxylic acids is 1. The summed E-state index contributed by atoms with van der Waals surface area (Å²) in [5, 5.41) is 2.91. The topological polar surface area (TPSA) is 87.7 Å². The van der Waals surface area contributed by atoms with Crippen LogP contribution in [0.1, 0.15) is 28.8 Å². The molecular weight excluding hydrogens is 438 g/mol. The second kappa shape index (κ2) is 9.54. The molecule has 0 bridgehead atoms. The lowest BCUT2D eigenvalue weighted by Gasteiger charge is -2.18. The first kappa shape index (κ1) is 22.7. The number of nitrogens with one attached hydrogen (secondary N) is 2. The van der Waals surface area contributed by atoms with E-state index in [1.807, 2.05) is 24.3 Å². The summed E-state index contributed by atoms with van der Waals surface area (Å²) in [6.07, 6.45) is 2.34. The Bertz CT molecular complexity index is 1250. The van der Waals surface area contributed by atoms with Gasteiger partial charge in [0.1, 0.15) is 5.75 Å². The van der Waals surface area contributed by atoms with Gasteiger partial charge in [0.05, 0.1) is 12.0 Å². The molecule has 0 saturated carbocycles. The van der Waals surface area contributed by atoms with Crippen molar-refractivity contribution in [2.24, 2.45) is 0 Å². The minimum Gasteiger partial charge on any atom is -0.497 e. The molecule has 33 heavy (non-hydrogen) atoms. The van der Waals surface area contributed by atoms with E-state index in [1.54, 1.807) is 44.4 Å². The van der Waals surface area contributed by atoms with Gasteiger partial charge in [-0.25, -0.2) is 8.42 Å². The monoisotopic (exact) mass is 465 g/mol. The summed E-state index contributed by atoms with van der Waals surface area (Å²) < 4.78 is 33.5. The van der Waals surface area contributed by atoms with Crippen LogP contribution in [0.2, 0.25) is 0 Å². The SMILES string of the molecule is COc1ccc(NS(=O)(=O)c2ccc(C)c(C(=O)Nc3cccc(N4CCCC4)c3)c2)cc1. The third kappa shape index (κ3) is 5.28. The summed E-state index contributed by atoms with van der Waals surface area (Å²) in [5.74, 6) is 0.272. The number of rotatable bonds is 7. The average Bonchev–Trinajstić information content (AvgIpc) is 3.35. The number of carbonyl (C=O) groups is 1. The molecule has 1 fully saturated rings. The summed E-state index contributed by atoms with van der Waals surface area (Å²) in [5.41, 5.74) is 3.14. The van der Waals surface area contributed by atoms with Crippen molar-refractivity contribution in [1.29, 1.82) is 0 Å². The van der Waals surface area contributed by atoms with Gasteiger partial charge in [0.25, 0.3) is 15.9 Å². The van der Waals surface area contributed by atoms with Crippen LogP contribution in [-0.4, -0.2) is 34.5 Å². The van der Waals surface area contributed by atoms with Crippen LogP contribution in [-0.2, 0) is 10.0 Å². The molecule has 0 unspecified atom stereocenters. The number of sulfonamides is 1. The van der Waals surface area contributed by atoms with Crippen LogP contribution in [0.25, 0.3) is 0 Å². The lowest BCUT2D eigenvalue weighted by Crippen LogP contribution is -2.19. The molecule has 0 spiro atoms. The molecule has 1 saturated heterocycles. The number of hydrogen-bond acceptors (Lipinski definition) is 5. The Kier molecular flexibility index (Phi) is 6.55. The Morgan fingerprint density at radius 1 is 0.939 bits per heavy atom. The van der Waals surface area contributed by atoms with Gasteiger partial charge in [0, 0.05) is 35.7 Å². The van der Waals surface area contributed by atoms with E-state index in [-0.39, 0.29) is 10.8 Å². The molecule has 3 aromatic rings. The first-order chi connectivity index (χ1) is 15.9. The van der Waals surface area contributed by atoms with Gasteiger partial charge >= 0.3 is 0 Å². The van der Waals surface area contributed by atoms with Gasteiger partial charge in [-0.3, -0.25) is 9.52 Å². The Balaban J connectivity index is 1.53. The Morgan fingerprint density at radius 3 is 2.36 bits per heavy atom. The first-order valence-corrected chi connectivity index (χ1v) is 12.3. The van der Waals surface area contributed by atoms with Crippen LogP contribution in [0, 0.1) is 6.92 Å². The third-order valence-electron chi connectivity index (χ3n) is 5.68. The molecule has 1 aliphatic rings. The van der Waals surface area contributed by atoms with Crippen molar-refractivity contribution in [3.63, 3.8) is 0 Å². The van der Waals surface area contributed by atoms with Gasteiger partial charge in [0.2, 0.25) is 0 Å². The van der Waals surface area contributed by atoms with E-state index in [0.717, 1.165) is 18.8 Å². The highest BCUT2D eigenvalue weighted by Crippen LogP contribution is 2.25. The molecule has 2 N–H and O–H groups in total. The van der Waals surface area contributed by atoms with Crippen molar-refractivity contribution < 1.29 is 17.9 Å². The highest BCUT2D eigenvalue weighted by atomic mass is 32.2. The van der Waals surface area contributed by atoms with E-state index in [9.17, 15) is 13.2 Å². The van der Waals surface area contributed by atoms with Gasteiger partial charge in [-0.2, -0.15) is 0 Å². The predicted molar refractivity (Wildman–Crippen MR) is 131 cm³/mol. The fourth-order valence-electron chi connectivity index (χ4n) is 3.84. The van der Waals surface area contributed by atoms with Crippen molar-refractivity contribution in [1.82, 2.24) is 0 Å². The predicted octanol–water partition coefficient (Wildman–Crippen LogP) is 4.66. The summed E-state index contributed by atoms with van der Waals surface area (Å²) >= 11 is 0. The van der Waals surface area contributed by atoms with E-state index < -0.39 is 10.0 Å². The highest BCUT2D eigenvalue weighted by Gasteiger charge is 2.19. The molecule has 1 amide bonds. The second-order valence-electron chi connectivity index (χ2n) is 8.01. The zero-order chi connectivity index (χ0) is 23.4. The summed E-state index contributed by atoms with van der Waals surface area (Å²) in [6.45, 7) is 3.80. The lowest BCUT2D eigenvalue weighted by molar-refractivity contribution is 0.102. The molecular formula is C25H27N3O4S. The molecule has 1 aliphatic heterocycles. The lowest BCUT2D eigenvalue weighted by atomic mass is 10.1. The minimum absolute atomic E-state index is 0.0138. The molecule has 4 rings (SSSR count). The highest BCUT2D eigenvalue weighted by molar-refractivity contribution is 7.92. The molecule has 172 valence electrons. The number of anilines is 3.